The van der Waals surface area contributed by atoms with Gasteiger partial charge in [0.25, 0.3) is 0 Å². The number of carboxylic acids is 1. The average Bonchev–Trinajstić information content (AvgIpc) is 2.22. The summed E-state index contributed by atoms with van der Waals surface area (Å²) in [4.78, 5) is 10.6. The van der Waals surface area contributed by atoms with Crippen molar-refractivity contribution in [2.45, 2.75) is 71.6 Å². The minimum Gasteiger partial charge on any atom is -0.478 e. The number of hydrogen-bond acceptors (Lipinski definition) is 1. The number of carbonyl (C=O) groups is 1. The zero-order chi connectivity index (χ0) is 12.2. The van der Waals surface area contributed by atoms with E-state index in [1.54, 1.807) is 0 Å². The predicted molar refractivity (Wildman–Crippen MR) is 68.6 cm³/mol. The van der Waals surface area contributed by atoms with E-state index < -0.39 is 5.97 Å². The molecule has 0 amide bonds. The van der Waals surface area contributed by atoms with Crippen LogP contribution >= 0.6 is 0 Å². The molecular weight excluding hydrogens is 200 g/mol. The molecule has 2 nitrogen and oxygen atoms in total. The van der Waals surface area contributed by atoms with Gasteiger partial charge in [-0.2, -0.15) is 0 Å². The van der Waals surface area contributed by atoms with Crippen molar-refractivity contribution in [3.63, 3.8) is 0 Å². The standard InChI is InChI=1S/C14H26O2/c1-3-5-6-7-8-9-11-13(10-4-2)12-14(15)16/h12H,3-11H2,1-2H3,(H,15,16)/b13-12+. The highest BCUT2D eigenvalue weighted by atomic mass is 16.4. The molecule has 0 atom stereocenters. The number of hydrogen-bond donors (Lipinski definition) is 1. The quantitative estimate of drug-likeness (QED) is 0.438. The lowest BCUT2D eigenvalue weighted by Crippen LogP contribution is -1.93. The first-order valence-corrected chi connectivity index (χ1v) is 6.63. The molecule has 0 aliphatic carbocycles. The largest absolute Gasteiger partial charge is 0.478 e. The van der Waals surface area contributed by atoms with E-state index in [4.69, 9.17) is 5.11 Å². The van der Waals surface area contributed by atoms with Gasteiger partial charge in [-0.1, -0.05) is 57.9 Å². The number of unbranched alkanes of at least 4 members (excludes halogenated alkanes) is 5. The van der Waals surface area contributed by atoms with Gasteiger partial charge in [0.15, 0.2) is 0 Å². The minimum atomic E-state index is -0.797. The van der Waals surface area contributed by atoms with Crippen LogP contribution in [0, 0.1) is 0 Å². The molecule has 2 heteroatoms. The van der Waals surface area contributed by atoms with Gasteiger partial charge in [-0.05, 0) is 19.3 Å². The third-order valence-corrected chi connectivity index (χ3v) is 2.75. The summed E-state index contributed by atoms with van der Waals surface area (Å²) in [6.07, 6.45) is 11.9. The van der Waals surface area contributed by atoms with E-state index in [1.165, 1.54) is 38.2 Å². The molecule has 0 fully saturated rings. The van der Waals surface area contributed by atoms with Crippen LogP contribution in [0.15, 0.2) is 11.6 Å². The second-order valence-electron chi connectivity index (χ2n) is 4.41. The van der Waals surface area contributed by atoms with E-state index in [2.05, 4.69) is 13.8 Å². The zero-order valence-electron chi connectivity index (χ0n) is 10.8. The third kappa shape index (κ3) is 9.75. The molecule has 0 aromatic heterocycles. The highest BCUT2D eigenvalue weighted by molar-refractivity contribution is 5.80. The van der Waals surface area contributed by atoms with Gasteiger partial charge in [-0.3, -0.25) is 0 Å². The van der Waals surface area contributed by atoms with Gasteiger partial charge >= 0.3 is 5.97 Å². The molecule has 0 aliphatic heterocycles. The van der Waals surface area contributed by atoms with Gasteiger partial charge in [0.1, 0.15) is 0 Å². The molecule has 0 bridgehead atoms. The fourth-order valence-electron chi connectivity index (χ4n) is 1.90. The summed E-state index contributed by atoms with van der Waals surface area (Å²) in [5.41, 5.74) is 1.10. The maximum Gasteiger partial charge on any atom is 0.328 e. The van der Waals surface area contributed by atoms with E-state index in [9.17, 15) is 4.79 Å². The molecule has 0 heterocycles. The lowest BCUT2D eigenvalue weighted by atomic mass is 10.0. The Morgan fingerprint density at radius 2 is 1.56 bits per heavy atom. The summed E-state index contributed by atoms with van der Waals surface area (Å²) in [6, 6.07) is 0. The van der Waals surface area contributed by atoms with Crippen molar-refractivity contribution in [2.75, 3.05) is 0 Å². The first kappa shape index (κ1) is 15.2. The van der Waals surface area contributed by atoms with E-state index >= 15 is 0 Å². The molecule has 0 rings (SSSR count). The van der Waals surface area contributed by atoms with Crippen LogP contribution < -0.4 is 0 Å². The Kier molecular flexibility index (Phi) is 10.2. The molecule has 0 spiro atoms. The van der Waals surface area contributed by atoms with Crippen LogP contribution in [0.2, 0.25) is 0 Å². The molecular formula is C14H26O2. The predicted octanol–water partition coefficient (Wildman–Crippen LogP) is 4.55. The molecule has 0 saturated carbocycles. The molecule has 16 heavy (non-hydrogen) atoms. The van der Waals surface area contributed by atoms with Crippen molar-refractivity contribution in [3.8, 4) is 0 Å². The Hall–Kier alpha value is -0.790. The topological polar surface area (TPSA) is 37.3 Å². The SMILES string of the molecule is CCCCCCCC/C(=C/C(=O)O)CCC. The smallest absolute Gasteiger partial charge is 0.328 e. The molecule has 0 aromatic rings. The summed E-state index contributed by atoms with van der Waals surface area (Å²) in [5, 5.41) is 8.71. The van der Waals surface area contributed by atoms with Crippen molar-refractivity contribution in [2.24, 2.45) is 0 Å². The van der Waals surface area contributed by atoms with Gasteiger partial charge in [0, 0.05) is 6.08 Å². The molecule has 0 aromatic carbocycles. The van der Waals surface area contributed by atoms with Crippen molar-refractivity contribution in [3.05, 3.63) is 11.6 Å². The van der Waals surface area contributed by atoms with Crippen LogP contribution in [0.4, 0.5) is 0 Å². The van der Waals surface area contributed by atoms with Crippen LogP contribution in [0.3, 0.4) is 0 Å². The van der Waals surface area contributed by atoms with Gasteiger partial charge in [0.2, 0.25) is 0 Å². The van der Waals surface area contributed by atoms with Crippen molar-refractivity contribution >= 4 is 5.97 Å². The summed E-state index contributed by atoms with van der Waals surface area (Å²) in [6.45, 7) is 4.31. The van der Waals surface area contributed by atoms with Crippen molar-refractivity contribution in [1.82, 2.24) is 0 Å². The van der Waals surface area contributed by atoms with Crippen molar-refractivity contribution < 1.29 is 9.90 Å². The van der Waals surface area contributed by atoms with Gasteiger partial charge in [-0.25, -0.2) is 4.79 Å². The molecule has 0 radical (unpaired) electrons. The van der Waals surface area contributed by atoms with E-state index in [0.29, 0.717) is 0 Å². The monoisotopic (exact) mass is 226 g/mol. The van der Waals surface area contributed by atoms with Crippen LogP contribution in [0.25, 0.3) is 0 Å². The van der Waals surface area contributed by atoms with Gasteiger partial charge in [0.05, 0.1) is 0 Å². The average molecular weight is 226 g/mol. The summed E-state index contributed by atoms with van der Waals surface area (Å²) >= 11 is 0. The zero-order valence-corrected chi connectivity index (χ0v) is 10.8. The lowest BCUT2D eigenvalue weighted by molar-refractivity contribution is -0.131. The number of carboxylic acid groups (broad SMARTS) is 1. The normalized spacial score (nSPS) is 11.8. The molecule has 0 unspecified atom stereocenters. The Bertz CT molecular complexity index is 207. The van der Waals surface area contributed by atoms with Gasteiger partial charge < -0.3 is 5.11 Å². The summed E-state index contributed by atoms with van der Waals surface area (Å²) < 4.78 is 0. The Balaban J connectivity index is 3.64. The minimum absolute atomic E-state index is 0.797. The Morgan fingerprint density at radius 1 is 0.938 bits per heavy atom. The number of allylic oxidation sites excluding steroid dienone is 1. The number of aliphatic carboxylic acids is 1. The first-order chi connectivity index (χ1) is 7.70. The molecule has 0 saturated heterocycles. The Morgan fingerprint density at radius 3 is 2.12 bits per heavy atom. The summed E-state index contributed by atoms with van der Waals surface area (Å²) in [7, 11) is 0. The van der Waals surface area contributed by atoms with E-state index in [-0.39, 0.29) is 0 Å². The summed E-state index contributed by atoms with van der Waals surface area (Å²) in [5.74, 6) is -0.797. The molecule has 1 N–H and O–H groups in total. The fourth-order valence-corrected chi connectivity index (χ4v) is 1.90. The second-order valence-corrected chi connectivity index (χ2v) is 4.41. The van der Waals surface area contributed by atoms with Crippen LogP contribution in [0.5, 0.6) is 0 Å². The van der Waals surface area contributed by atoms with Crippen LogP contribution in [0.1, 0.15) is 71.6 Å². The van der Waals surface area contributed by atoms with E-state index in [1.807, 2.05) is 0 Å². The maximum absolute atomic E-state index is 10.6. The third-order valence-electron chi connectivity index (χ3n) is 2.75. The maximum atomic E-state index is 10.6. The molecule has 94 valence electrons. The van der Waals surface area contributed by atoms with Crippen LogP contribution in [-0.4, -0.2) is 11.1 Å². The van der Waals surface area contributed by atoms with Crippen molar-refractivity contribution in [1.29, 1.82) is 0 Å². The second kappa shape index (κ2) is 10.7. The first-order valence-electron chi connectivity index (χ1n) is 6.63. The molecule has 0 aliphatic rings. The van der Waals surface area contributed by atoms with Crippen LogP contribution in [-0.2, 0) is 4.79 Å². The van der Waals surface area contributed by atoms with Gasteiger partial charge in [-0.15, -0.1) is 0 Å². The fraction of sp³-hybridized carbons (Fsp3) is 0.786. The highest BCUT2D eigenvalue weighted by Crippen LogP contribution is 2.15. The Labute approximate surface area is 99.7 Å². The number of rotatable bonds is 10. The lowest BCUT2D eigenvalue weighted by Gasteiger charge is -2.05. The highest BCUT2D eigenvalue weighted by Gasteiger charge is 2.00. The van der Waals surface area contributed by atoms with E-state index in [0.717, 1.165) is 31.3 Å².